The van der Waals surface area contributed by atoms with Crippen molar-refractivity contribution in [1.29, 1.82) is 0 Å². The molecule has 1 saturated carbocycles. The molecule has 0 aromatic carbocycles. The summed E-state index contributed by atoms with van der Waals surface area (Å²) in [6.45, 7) is 8.82. The number of methoxy groups -OCH3 is 1. The molecule has 1 saturated heterocycles. The zero-order valence-corrected chi connectivity index (χ0v) is 11.2. The molecule has 0 amide bonds. The van der Waals surface area contributed by atoms with Crippen molar-refractivity contribution < 1.29 is 4.74 Å². The third-order valence-electron chi connectivity index (χ3n) is 3.07. The molecule has 2 nitrogen and oxygen atoms in total. The zero-order valence-electron chi connectivity index (χ0n) is 10.4. The summed E-state index contributed by atoms with van der Waals surface area (Å²) in [6, 6.07) is 0. The van der Waals surface area contributed by atoms with E-state index in [1.807, 2.05) is 21.0 Å². The Kier molecular flexibility index (Phi) is 6.02. The van der Waals surface area contributed by atoms with Gasteiger partial charge in [0.15, 0.2) is 0 Å². The van der Waals surface area contributed by atoms with Crippen molar-refractivity contribution in [3.8, 4) is 0 Å². The van der Waals surface area contributed by atoms with E-state index in [9.17, 15) is 0 Å². The first-order chi connectivity index (χ1) is 7.35. The summed E-state index contributed by atoms with van der Waals surface area (Å²) in [7, 11) is 1.83. The smallest absolute Gasteiger partial charge is 0.0530 e. The Labute approximate surface area is 98.7 Å². The van der Waals surface area contributed by atoms with Gasteiger partial charge in [0.2, 0.25) is 0 Å². The Morgan fingerprint density at radius 2 is 1.80 bits per heavy atom. The van der Waals surface area contributed by atoms with E-state index < -0.39 is 0 Å². The molecule has 0 spiro atoms. The third-order valence-corrected chi connectivity index (χ3v) is 4.01. The maximum atomic E-state index is 5.28. The van der Waals surface area contributed by atoms with Gasteiger partial charge in [0, 0.05) is 43.7 Å². The topological polar surface area (TPSA) is 12.5 Å². The molecule has 2 rings (SSSR count). The van der Waals surface area contributed by atoms with Gasteiger partial charge in [0.1, 0.15) is 0 Å². The van der Waals surface area contributed by atoms with Gasteiger partial charge < -0.3 is 9.64 Å². The van der Waals surface area contributed by atoms with Gasteiger partial charge in [-0.15, -0.1) is 0 Å². The summed E-state index contributed by atoms with van der Waals surface area (Å²) in [4.78, 5) is 2.61. The lowest BCUT2D eigenvalue weighted by Gasteiger charge is -2.29. The van der Waals surface area contributed by atoms with Gasteiger partial charge in [-0.3, -0.25) is 0 Å². The fourth-order valence-electron chi connectivity index (χ4n) is 2.06. The number of hydrogen-bond acceptors (Lipinski definition) is 3. The molecule has 1 aliphatic heterocycles. The van der Waals surface area contributed by atoms with E-state index in [4.69, 9.17) is 4.74 Å². The maximum absolute atomic E-state index is 5.28. The second kappa shape index (κ2) is 6.77. The predicted molar refractivity (Wildman–Crippen MR) is 68.7 cm³/mol. The third kappa shape index (κ3) is 4.33. The van der Waals surface area contributed by atoms with Gasteiger partial charge in [0.25, 0.3) is 0 Å². The first-order valence-corrected chi connectivity index (χ1v) is 7.29. The van der Waals surface area contributed by atoms with Crippen LogP contribution >= 0.6 is 11.8 Å². The number of ether oxygens (including phenoxy) is 1. The van der Waals surface area contributed by atoms with Crippen LogP contribution < -0.4 is 0 Å². The zero-order chi connectivity index (χ0) is 11.1. The molecule has 0 radical (unpaired) electrons. The number of rotatable bonds is 4. The number of thioether (sulfide) groups is 1. The molecular weight excluding hydrogens is 206 g/mol. The first kappa shape index (κ1) is 13.3. The molecular formula is C12H25NOS. The van der Waals surface area contributed by atoms with E-state index in [2.05, 4.69) is 16.7 Å². The Balaban J connectivity index is 0.000000531. The van der Waals surface area contributed by atoms with Gasteiger partial charge in [-0.05, 0) is 12.8 Å². The van der Waals surface area contributed by atoms with E-state index >= 15 is 0 Å². The van der Waals surface area contributed by atoms with Gasteiger partial charge in [-0.25, -0.2) is 0 Å². The van der Waals surface area contributed by atoms with Gasteiger partial charge >= 0.3 is 0 Å². The highest BCUT2D eigenvalue weighted by Gasteiger charge is 2.43. The lowest BCUT2D eigenvalue weighted by Crippen LogP contribution is -2.38. The minimum absolute atomic E-state index is 0.552. The highest BCUT2D eigenvalue weighted by Crippen LogP contribution is 2.46. The molecule has 3 heteroatoms. The Hall–Kier alpha value is 0.270. The van der Waals surface area contributed by atoms with E-state index in [1.165, 1.54) is 44.0 Å². The summed E-state index contributed by atoms with van der Waals surface area (Å²) >= 11 is 2.09. The molecule has 0 atom stereocenters. The maximum Gasteiger partial charge on any atom is 0.0530 e. The molecule has 90 valence electrons. The molecule has 2 fully saturated rings. The molecule has 1 heterocycles. The Morgan fingerprint density at radius 3 is 2.27 bits per heavy atom. The molecule has 0 unspecified atom stereocenters. The lowest BCUT2D eigenvalue weighted by atomic mass is 10.1. The van der Waals surface area contributed by atoms with Crippen molar-refractivity contribution >= 4 is 11.8 Å². The van der Waals surface area contributed by atoms with Crippen LogP contribution in [-0.2, 0) is 4.74 Å². The monoisotopic (exact) mass is 231 g/mol. The van der Waals surface area contributed by atoms with Crippen molar-refractivity contribution in [2.75, 3.05) is 44.9 Å². The highest BCUT2D eigenvalue weighted by atomic mass is 32.2. The van der Waals surface area contributed by atoms with Crippen LogP contribution in [0, 0.1) is 5.41 Å². The molecule has 15 heavy (non-hydrogen) atoms. The molecule has 0 aromatic rings. The van der Waals surface area contributed by atoms with Crippen molar-refractivity contribution in [3.05, 3.63) is 0 Å². The quantitative estimate of drug-likeness (QED) is 0.737. The summed E-state index contributed by atoms with van der Waals surface area (Å²) in [6.07, 6.45) is 2.76. The van der Waals surface area contributed by atoms with E-state index in [1.54, 1.807) is 0 Å². The molecule has 2 aliphatic rings. The summed E-state index contributed by atoms with van der Waals surface area (Å²) in [5, 5.41) is 0. The SMILES string of the molecule is CC.COCC1(CN2CCSCC2)CC1. The summed E-state index contributed by atoms with van der Waals surface area (Å²) in [5.41, 5.74) is 0.552. The minimum Gasteiger partial charge on any atom is -0.384 e. The van der Waals surface area contributed by atoms with Crippen molar-refractivity contribution in [1.82, 2.24) is 4.90 Å². The summed E-state index contributed by atoms with van der Waals surface area (Å²) in [5.74, 6) is 2.64. The molecule has 1 aliphatic carbocycles. The average Bonchev–Trinajstić information content (AvgIpc) is 3.03. The minimum atomic E-state index is 0.552. The lowest BCUT2D eigenvalue weighted by molar-refractivity contribution is 0.111. The Morgan fingerprint density at radius 1 is 1.20 bits per heavy atom. The number of hydrogen-bond donors (Lipinski definition) is 0. The van der Waals surface area contributed by atoms with Gasteiger partial charge in [-0.1, -0.05) is 13.8 Å². The normalized spacial score (nSPS) is 24.2. The highest BCUT2D eigenvalue weighted by molar-refractivity contribution is 7.99. The molecule has 0 aromatic heterocycles. The van der Waals surface area contributed by atoms with Crippen LogP contribution in [-0.4, -0.2) is 49.8 Å². The van der Waals surface area contributed by atoms with Crippen LogP contribution in [0.25, 0.3) is 0 Å². The fraction of sp³-hybridized carbons (Fsp3) is 1.00. The Bertz CT molecular complexity index is 165. The average molecular weight is 231 g/mol. The van der Waals surface area contributed by atoms with Crippen molar-refractivity contribution in [2.24, 2.45) is 5.41 Å². The fourth-order valence-corrected chi connectivity index (χ4v) is 3.04. The predicted octanol–water partition coefficient (Wildman–Crippen LogP) is 2.49. The largest absolute Gasteiger partial charge is 0.384 e. The van der Waals surface area contributed by atoms with Crippen LogP contribution in [0.3, 0.4) is 0 Å². The molecule has 0 bridgehead atoms. The van der Waals surface area contributed by atoms with Crippen LogP contribution in [0.2, 0.25) is 0 Å². The van der Waals surface area contributed by atoms with Crippen LogP contribution in [0.5, 0.6) is 0 Å². The van der Waals surface area contributed by atoms with E-state index in [0.29, 0.717) is 5.41 Å². The van der Waals surface area contributed by atoms with Crippen LogP contribution in [0.4, 0.5) is 0 Å². The standard InChI is InChI=1S/C10H19NOS.C2H6/c1-12-9-10(2-3-10)8-11-4-6-13-7-5-11;1-2/h2-9H2,1H3;1-2H3. The van der Waals surface area contributed by atoms with Crippen molar-refractivity contribution in [3.63, 3.8) is 0 Å². The second-order valence-corrected chi connectivity index (χ2v) is 5.55. The van der Waals surface area contributed by atoms with Crippen LogP contribution in [0.15, 0.2) is 0 Å². The van der Waals surface area contributed by atoms with Gasteiger partial charge in [-0.2, -0.15) is 11.8 Å². The number of nitrogens with zero attached hydrogens (tertiary/aromatic N) is 1. The van der Waals surface area contributed by atoms with Crippen molar-refractivity contribution in [2.45, 2.75) is 26.7 Å². The molecule has 0 N–H and O–H groups in total. The van der Waals surface area contributed by atoms with E-state index in [0.717, 1.165) is 6.61 Å². The van der Waals surface area contributed by atoms with Crippen LogP contribution in [0.1, 0.15) is 26.7 Å². The summed E-state index contributed by atoms with van der Waals surface area (Å²) < 4.78 is 5.28. The second-order valence-electron chi connectivity index (χ2n) is 4.32. The van der Waals surface area contributed by atoms with E-state index in [-0.39, 0.29) is 0 Å². The first-order valence-electron chi connectivity index (χ1n) is 6.14. The van der Waals surface area contributed by atoms with Gasteiger partial charge in [0.05, 0.1) is 6.61 Å².